The zero-order valence-corrected chi connectivity index (χ0v) is 45.1. The topological polar surface area (TPSA) is 155 Å². The van der Waals surface area contributed by atoms with Gasteiger partial charge in [0, 0.05) is 12.8 Å². The summed E-state index contributed by atoms with van der Waals surface area (Å²) in [5.74, 6) is -1.64. The van der Waals surface area contributed by atoms with Crippen molar-refractivity contribution in [2.24, 2.45) is 0 Å². The molecule has 0 rings (SSSR count). The van der Waals surface area contributed by atoms with E-state index in [4.69, 9.17) is 23.3 Å². The van der Waals surface area contributed by atoms with Gasteiger partial charge < -0.3 is 24.2 Å². The van der Waals surface area contributed by atoms with E-state index in [1.807, 2.05) is 18.2 Å². The second-order valence-electron chi connectivity index (χ2n) is 18.0. The first kappa shape index (κ1) is 66.7. The number of rotatable bonds is 50. The Morgan fingerprint density at radius 3 is 1.29 bits per heavy atom. The summed E-state index contributed by atoms with van der Waals surface area (Å²) in [5, 5.41) is 9.77. The highest BCUT2D eigenvalue weighted by Crippen LogP contribution is 2.43. The van der Waals surface area contributed by atoms with Crippen LogP contribution in [0.25, 0.3) is 0 Å². The maximum absolute atomic E-state index is 12.9. The zero-order valence-electron chi connectivity index (χ0n) is 44.2. The first-order chi connectivity index (χ1) is 34.2. The van der Waals surface area contributed by atoms with Gasteiger partial charge in [-0.3, -0.25) is 23.4 Å². The highest BCUT2D eigenvalue weighted by atomic mass is 31.2. The van der Waals surface area contributed by atoms with E-state index >= 15 is 0 Å². The number of phosphoric acid groups is 1. The number of ether oxygens (including phenoxy) is 3. The van der Waals surface area contributed by atoms with Crippen LogP contribution in [0.15, 0.2) is 85.1 Å². The molecule has 0 aliphatic carbocycles. The van der Waals surface area contributed by atoms with E-state index < -0.39 is 57.8 Å². The van der Waals surface area contributed by atoms with Crippen molar-refractivity contribution in [2.75, 3.05) is 26.4 Å². The lowest BCUT2D eigenvalue weighted by Gasteiger charge is -2.21. The van der Waals surface area contributed by atoms with E-state index in [9.17, 15) is 28.9 Å². The van der Waals surface area contributed by atoms with Crippen molar-refractivity contribution in [3.05, 3.63) is 85.1 Å². The number of aliphatic hydroxyl groups excluding tert-OH is 1. The molecule has 0 heterocycles. The van der Waals surface area contributed by atoms with E-state index in [1.165, 1.54) is 77.0 Å². The molecule has 402 valence electrons. The van der Waals surface area contributed by atoms with Crippen molar-refractivity contribution in [1.29, 1.82) is 0 Å². The molecule has 0 spiro atoms. The molecule has 12 heteroatoms. The Morgan fingerprint density at radius 1 is 0.429 bits per heavy atom. The van der Waals surface area contributed by atoms with Crippen molar-refractivity contribution in [3.63, 3.8) is 0 Å². The molecule has 0 amide bonds. The van der Waals surface area contributed by atoms with Crippen LogP contribution in [0, 0.1) is 0 Å². The fourth-order valence-electron chi connectivity index (χ4n) is 7.11. The monoisotopic (exact) mass is 1000 g/mol. The Kier molecular flexibility index (Phi) is 49.5. The maximum atomic E-state index is 12.9. The molecule has 0 fully saturated rings. The number of carbonyl (C=O) groups is 3. The van der Waals surface area contributed by atoms with Gasteiger partial charge in [0.2, 0.25) is 0 Å². The van der Waals surface area contributed by atoms with Gasteiger partial charge in [0.25, 0.3) is 0 Å². The molecule has 0 saturated carbocycles. The van der Waals surface area contributed by atoms with Crippen LogP contribution >= 0.6 is 7.82 Å². The van der Waals surface area contributed by atoms with Crippen LogP contribution in [0.3, 0.4) is 0 Å². The predicted molar refractivity (Wildman–Crippen MR) is 288 cm³/mol. The normalized spacial score (nSPS) is 14.1. The first-order valence-corrected chi connectivity index (χ1v) is 29.0. The summed E-state index contributed by atoms with van der Waals surface area (Å²) in [6.07, 6.45) is 58.7. The fourth-order valence-corrected chi connectivity index (χ4v) is 7.90. The average molecular weight is 1000 g/mol. The van der Waals surface area contributed by atoms with Crippen LogP contribution < -0.4 is 0 Å². The molecule has 0 aromatic rings. The SMILES string of the molecule is CC/C=C\C/C=C\C/C=C\C/C=C\C/C=C\CC(=O)OC(COC(=O)CCCCCCCCC/C=C\CCCCCCCC)COP(=O)(O)OCC(CO)OC(=O)CCCCCCC/C=C\CCCC. The van der Waals surface area contributed by atoms with Gasteiger partial charge in [-0.1, -0.05) is 202 Å². The zero-order chi connectivity index (χ0) is 51.3. The predicted octanol–water partition coefficient (Wildman–Crippen LogP) is 15.9. The summed E-state index contributed by atoms with van der Waals surface area (Å²) in [5.41, 5.74) is 0. The smallest absolute Gasteiger partial charge is 0.462 e. The van der Waals surface area contributed by atoms with Crippen LogP contribution in [0.5, 0.6) is 0 Å². The molecule has 0 aromatic heterocycles. The number of hydrogen-bond acceptors (Lipinski definition) is 10. The van der Waals surface area contributed by atoms with E-state index in [-0.39, 0.29) is 25.9 Å². The lowest BCUT2D eigenvalue weighted by molar-refractivity contribution is -0.160. The molecule has 2 N–H and O–H groups in total. The third kappa shape index (κ3) is 49.6. The molecule has 0 aromatic carbocycles. The molecule has 0 aliphatic heterocycles. The minimum Gasteiger partial charge on any atom is -0.462 e. The van der Waals surface area contributed by atoms with E-state index in [2.05, 4.69) is 81.5 Å². The largest absolute Gasteiger partial charge is 0.472 e. The molecule has 3 atom stereocenters. The molecule has 0 saturated heterocycles. The number of carbonyl (C=O) groups excluding carboxylic acids is 3. The van der Waals surface area contributed by atoms with Crippen molar-refractivity contribution in [2.45, 2.75) is 238 Å². The van der Waals surface area contributed by atoms with Crippen molar-refractivity contribution in [3.8, 4) is 0 Å². The molecule has 11 nitrogen and oxygen atoms in total. The van der Waals surface area contributed by atoms with Gasteiger partial charge in [0.15, 0.2) is 6.10 Å². The lowest BCUT2D eigenvalue weighted by Crippen LogP contribution is -2.30. The van der Waals surface area contributed by atoms with Crippen molar-refractivity contribution >= 4 is 25.7 Å². The van der Waals surface area contributed by atoms with Crippen LogP contribution in [-0.4, -0.2) is 66.5 Å². The van der Waals surface area contributed by atoms with Gasteiger partial charge >= 0.3 is 25.7 Å². The molecular formula is C58H99O11P. The average Bonchev–Trinajstić information content (AvgIpc) is 3.35. The van der Waals surface area contributed by atoms with Crippen LogP contribution in [0.1, 0.15) is 226 Å². The molecule has 0 radical (unpaired) electrons. The summed E-state index contributed by atoms with van der Waals surface area (Å²) in [6.45, 7) is 4.35. The summed E-state index contributed by atoms with van der Waals surface area (Å²) in [6, 6.07) is 0. The minimum atomic E-state index is -4.77. The number of phosphoric ester groups is 1. The van der Waals surface area contributed by atoms with Crippen LogP contribution in [0.2, 0.25) is 0 Å². The highest BCUT2D eigenvalue weighted by Gasteiger charge is 2.28. The number of allylic oxidation sites excluding steroid dienone is 13. The Bertz CT molecular complexity index is 1500. The second kappa shape index (κ2) is 52.0. The van der Waals surface area contributed by atoms with Crippen LogP contribution in [0.4, 0.5) is 0 Å². The Labute approximate surface area is 426 Å². The van der Waals surface area contributed by atoms with Gasteiger partial charge in [0.1, 0.15) is 12.7 Å². The van der Waals surface area contributed by atoms with Gasteiger partial charge in [-0.2, -0.15) is 0 Å². The number of aliphatic hydroxyl groups is 1. The third-order valence-electron chi connectivity index (χ3n) is 11.3. The number of esters is 3. The number of unbranched alkanes of at least 4 members (excludes halogenated alkanes) is 20. The van der Waals surface area contributed by atoms with Crippen molar-refractivity contribution in [1.82, 2.24) is 0 Å². The van der Waals surface area contributed by atoms with Gasteiger partial charge in [-0.25, -0.2) is 4.57 Å². The van der Waals surface area contributed by atoms with Crippen LogP contribution in [-0.2, 0) is 42.2 Å². The van der Waals surface area contributed by atoms with Crippen molar-refractivity contribution < 1.29 is 52.2 Å². The molecule has 0 bridgehead atoms. The van der Waals surface area contributed by atoms with Gasteiger partial charge in [-0.15, -0.1) is 0 Å². The summed E-state index contributed by atoms with van der Waals surface area (Å²) < 4.78 is 39.3. The van der Waals surface area contributed by atoms with Gasteiger partial charge in [-0.05, 0) is 89.9 Å². The van der Waals surface area contributed by atoms with E-state index in [1.54, 1.807) is 6.08 Å². The molecular weight excluding hydrogens is 904 g/mol. The van der Waals surface area contributed by atoms with Gasteiger partial charge in [0.05, 0.1) is 26.2 Å². The fraction of sp³-hybridized carbons (Fsp3) is 0.707. The lowest BCUT2D eigenvalue weighted by atomic mass is 10.1. The molecule has 3 unspecified atom stereocenters. The summed E-state index contributed by atoms with van der Waals surface area (Å²) in [4.78, 5) is 48.3. The Hall–Kier alpha value is -3.34. The Morgan fingerprint density at radius 2 is 0.814 bits per heavy atom. The third-order valence-corrected chi connectivity index (χ3v) is 12.3. The van der Waals surface area contributed by atoms with E-state index in [0.717, 1.165) is 89.9 Å². The first-order valence-electron chi connectivity index (χ1n) is 27.5. The summed E-state index contributed by atoms with van der Waals surface area (Å²) in [7, 11) is -4.77. The molecule has 0 aliphatic rings. The Balaban J connectivity index is 4.85. The second-order valence-corrected chi connectivity index (χ2v) is 19.5. The van der Waals surface area contributed by atoms with E-state index in [0.29, 0.717) is 19.3 Å². The molecule has 70 heavy (non-hydrogen) atoms. The maximum Gasteiger partial charge on any atom is 0.472 e. The highest BCUT2D eigenvalue weighted by molar-refractivity contribution is 7.47. The quantitative estimate of drug-likeness (QED) is 0.0197. The minimum absolute atomic E-state index is 0.0679. The summed E-state index contributed by atoms with van der Waals surface area (Å²) >= 11 is 0. The number of hydrogen-bond donors (Lipinski definition) is 2. The standard InChI is InChI=1S/C58H99O11P/c1-4-7-10-13-16-19-22-24-26-27-29-30-33-35-38-41-44-47-56(60)65-51-55(69-58(62)49-46-43-40-37-34-31-28-25-23-20-17-14-11-8-5-2)53-67-70(63,64)66-52-54(50-59)68-57(61)48-45-42-39-36-32-21-18-15-12-9-6-3/h8,11,15,17-18,20,24-26,28,34,37,43,46,54-55,59H,4-7,9-10,12-14,16,19,21-23,27,29-33,35-36,38-42,44-45,47-53H2,1-3H3,(H,63,64)/b11-8-,18-15-,20-17-,26-24-,28-25-,37-34-,46-43-.